The summed E-state index contributed by atoms with van der Waals surface area (Å²) in [5, 5.41) is 9.29. The van der Waals surface area contributed by atoms with E-state index >= 15 is 0 Å². The van der Waals surface area contributed by atoms with E-state index in [0.29, 0.717) is 18.4 Å². The summed E-state index contributed by atoms with van der Waals surface area (Å²) in [5.41, 5.74) is -0.346. The lowest BCUT2D eigenvalue weighted by molar-refractivity contribution is -0.143. The van der Waals surface area contributed by atoms with E-state index < -0.39 is 29.5 Å². The Labute approximate surface area is 113 Å². The Bertz CT molecular complexity index is 541. The zero-order chi connectivity index (χ0) is 14.5. The molecule has 3 rings (SSSR count). The molecule has 4 unspecified atom stereocenters. The van der Waals surface area contributed by atoms with Crippen molar-refractivity contribution in [1.29, 1.82) is 0 Å². The summed E-state index contributed by atoms with van der Waals surface area (Å²) in [6.07, 6.45) is -3.72. The molecule has 3 nitrogen and oxygen atoms in total. The molecule has 4 atom stereocenters. The molecular weight excluding hydrogens is 273 g/mol. The van der Waals surface area contributed by atoms with Gasteiger partial charge >= 0.3 is 12.1 Å². The summed E-state index contributed by atoms with van der Waals surface area (Å²) in [5.74, 6) is -2.25. The highest BCUT2D eigenvalue weighted by Gasteiger charge is 2.53. The summed E-state index contributed by atoms with van der Waals surface area (Å²) in [6.45, 7) is 0. The van der Waals surface area contributed by atoms with Crippen LogP contribution < -0.4 is 0 Å². The fourth-order valence-corrected chi connectivity index (χ4v) is 3.34. The lowest BCUT2D eigenvalue weighted by Gasteiger charge is -2.25. The van der Waals surface area contributed by atoms with Crippen molar-refractivity contribution < 1.29 is 27.8 Å². The predicted molar refractivity (Wildman–Crippen MR) is 63.2 cm³/mol. The van der Waals surface area contributed by atoms with E-state index in [1.54, 1.807) is 6.07 Å². The summed E-state index contributed by atoms with van der Waals surface area (Å²) in [7, 11) is 0. The maximum Gasteiger partial charge on any atom is 0.416 e. The monoisotopic (exact) mass is 286 g/mol. The van der Waals surface area contributed by atoms with Gasteiger partial charge in [-0.1, -0.05) is 18.2 Å². The molecule has 1 N–H and O–H groups in total. The highest BCUT2D eigenvalue weighted by Crippen LogP contribution is 2.49. The van der Waals surface area contributed by atoms with Crippen molar-refractivity contribution >= 4 is 5.97 Å². The summed E-state index contributed by atoms with van der Waals surface area (Å²) in [4.78, 5) is 11.4. The van der Waals surface area contributed by atoms with E-state index in [1.807, 2.05) is 0 Å². The van der Waals surface area contributed by atoms with Gasteiger partial charge in [0, 0.05) is 5.92 Å². The molecule has 0 spiro atoms. The molecular formula is C14H13F3O3. The zero-order valence-electron chi connectivity index (χ0n) is 10.4. The molecule has 2 fully saturated rings. The van der Waals surface area contributed by atoms with Crippen LogP contribution in [0.25, 0.3) is 0 Å². The van der Waals surface area contributed by atoms with E-state index in [1.165, 1.54) is 6.07 Å². The van der Waals surface area contributed by atoms with Gasteiger partial charge in [-0.3, -0.25) is 4.79 Å². The van der Waals surface area contributed by atoms with Crippen molar-refractivity contribution in [1.82, 2.24) is 0 Å². The largest absolute Gasteiger partial charge is 0.481 e. The quantitative estimate of drug-likeness (QED) is 0.909. The standard InChI is InChI=1S/C14H13F3O3/c15-14(16,17)8-3-1-2-7(6-8)11-9-4-5-10(20-9)12(11)13(18)19/h1-3,6,9-12H,4-5H2,(H,18,19). The van der Waals surface area contributed by atoms with Crippen LogP contribution in [0.3, 0.4) is 0 Å². The highest BCUT2D eigenvalue weighted by atomic mass is 19.4. The third kappa shape index (κ3) is 2.08. The molecule has 0 saturated carbocycles. The van der Waals surface area contributed by atoms with Crippen LogP contribution in [-0.4, -0.2) is 23.3 Å². The molecule has 2 heterocycles. The van der Waals surface area contributed by atoms with Crippen LogP contribution in [0, 0.1) is 5.92 Å². The van der Waals surface area contributed by atoms with Crippen molar-refractivity contribution in [2.24, 2.45) is 5.92 Å². The first-order valence-electron chi connectivity index (χ1n) is 6.43. The van der Waals surface area contributed by atoms with Crippen molar-refractivity contribution in [3.63, 3.8) is 0 Å². The van der Waals surface area contributed by atoms with Crippen LogP contribution >= 0.6 is 0 Å². The summed E-state index contributed by atoms with van der Waals surface area (Å²) in [6, 6.07) is 4.92. The molecule has 108 valence electrons. The second-order valence-corrected chi connectivity index (χ2v) is 5.30. The van der Waals surface area contributed by atoms with Crippen LogP contribution in [0.1, 0.15) is 29.9 Å². The van der Waals surface area contributed by atoms with Gasteiger partial charge in [-0.15, -0.1) is 0 Å². The number of alkyl halides is 3. The first-order valence-corrected chi connectivity index (χ1v) is 6.43. The van der Waals surface area contributed by atoms with Crippen LogP contribution in [0.4, 0.5) is 13.2 Å². The maximum atomic E-state index is 12.8. The molecule has 2 aliphatic heterocycles. The fraction of sp³-hybridized carbons (Fsp3) is 0.500. The molecule has 0 amide bonds. The number of benzene rings is 1. The number of aliphatic carboxylic acids is 1. The van der Waals surface area contributed by atoms with Crippen LogP contribution in [0.15, 0.2) is 24.3 Å². The zero-order valence-corrected chi connectivity index (χ0v) is 10.4. The second kappa shape index (κ2) is 4.48. The van der Waals surface area contributed by atoms with Crippen molar-refractivity contribution in [2.75, 3.05) is 0 Å². The van der Waals surface area contributed by atoms with Crippen molar-refractivity contribution in [3.05, 3.63) is 35.4 Å². The van der Waals surface area contributed by atoms with E-state index in [2.05, 4.69) is 0 Å². The molecule has 2 bridgehead atoms. The number of halogens is 3. The Balaban J connectivity index is 1.98. The number of carboxylic acid groups (broad SMARTS) is 1. The van der Waals surface area contributed by atoms with Gasteiger partial charge in [0.05, 0.1) is 23.7 Å². The summed E-state index contributed by atoms with van der Waals surface area (Å²) < 4.78 is 43.8. The van der Waals surface area contributed by atoms with E-state index in [0.717, 1.165) is 12.1 Å². The Morgan fingerprint density at radius 3 is 2.60 bits per heavy atom. The number of carboxylic acids is 1. The molecule has 0 radical (unpaired) electrons. The van der Waals surface area contributed by atoms with Gasteiger partial charge in [-0.05, 0) is 24.5 Å². The SMILES string of the molecule is O=C(O)C1C2CCC(O2)C1c1cccc(C(F)(F)F)c1. The van der Waals surface area contributed by atoms with Crippen LogP contribution in [0.5, 0.6) is 0 Å². The number of ether oxygens (including phenoxy) is 1. The van der Waals surface area contributed by atoms with Gasteiger partial charge in [0.25, 0.3) is 0 Å². The molecule has 20 heavy (non-hydrogen) atoms. The molecule has 2 aliphatic rings. The minimum atomic E-state index is -4.42. The predicted octanol–water partition coefficient (Wildman–Crippen LogP) is 3.05. The number of rotatable bonds is 2. The molecule has 2 saturated heterocycles. The Hall–Kier alpha value is -1.56. The average molecular weight is 286 g/mol. The Morgan fingerprint density at radius 1 is 1.25 bits per heavy atom. The normalized spacial score (nSPS) is 32.5. The Morgan fingerprint density at radius 2 is 1.95 bits per heavy atom. The molecule has 1 aromatic carbocycles. The fourth-order valence-electron chi connectivity index (χ4n) is 3.34. The first kappa shape index (κ1) is 13.4. The molecule has 6 heteroatoms. The van der Waals surface area contributed by atoms with Gasteiger partial charge < -0.3 is 9.84 Å². The Kier molecular flexibility index (Phi) is 3.01. The van der Waals surface area contributed by atoms with Gasteiger partial charge in [-0.2, -0.15) is 13.2 Å². The van der Waals surface area contributed by atoms with Gasteiger partial charge in [0.15, 0.2) is 0 Å². The maximum absolute atomic E-state index is 12.8. The average Bonchev–Trinajstić information content (AvgIpc) is 2.97. The third-order valence-electron chi connectivity index (χ3n) is 4.16. The molecule has 0 aromatic heterocycles. The van der Waals surface area contributed by atoms with Crippen molar-refractivity contribution in [3.8, 4) is 0 Å². The van der Waals surface area contributed by atoms with Crippen LogP contribution in [0.2, 0.25) is 0 Å². The van der Waals surface area contributed by atoms with Gasteiger partial charge in [-0.25, -0.2) is 0 Å². The number of carbonyl (C=O) groups is 1. The number of fused-ring (bicyclic) bond motifs is 2. The minimum Gasteiger partial charge on any atom is -0.481 e. The molecule has 0 aliphatic carbocycles. The van der Waals surface area contributed by atoms with E-state index in [-0.39, 0.29) is 12.2 Å². The minimum absolute atomic E-state index is 0.287. The smallest absolute Gasteiger partial charge is 0.416 e. The lowest BCUT2D eigenvalue weighted by Crippen LogP contribution is -2.32. The second-order valence-electron chi connectivity index (χ2n) is 5.30. The topological polar surface area (TPSA) is 46.5 Å². The molecule has 1 aromatic rings. The van der Waals surface area contributed by atoms with Gasteiger partial charge in [0.1, 0.15) is 0 Å². The highest BCUT2D eigenvalue weighted by molar-refractivity contribution is 5.73. The number of hydrogen-bond acceptors (Lipinski definition) is 2. The van der Waals surface area contributed by atoms with Gasteiger partial charge in [0.2, 0.25) is 0 Å². The lowest BCUT2D eigenvalue weighted by atomic mass is 9.75. The van der Waals surface area contributed by atoms with Crippen LogP contribution in [-0.2, 0) is 15.7 Å². The summed E-state index contributed by atoms with van der Waals surface area (Å²) >= 11 is 0. The third-order valence-corrected chi connectivity index (χ3v) is 4.16. The van der Waals surface area contributed by atoms with Crippen molar-refractivity contribution in [2.45, 2.75) is 37.1 Å². The van der Waals surface area contributed by atoms with E-state index in [9.17, 15) is 23.1 Å². The van der Waals surface area contributed by atoms with E-state index in [4.69, 9.17) is 4.74 Å². The number of hydrogen-bond donors (Lipinski definition) is 1. The first-order chi connectivity index (χ1) is 9.38.